The molecule has 0 unspecified atom stereocenters. The van der Waals surface area contributed by atoms with Gasteiger partial charge in [0.05, 0.1) is 11.9 Å². The maximum atomic E-state index is 12.5. The van der Waals surface area contributed by atoms with Crippen LogP contribution < -0.4 is 10.2 Å². The second kappa shape index (κ2) is 6.80. The number of amides is 1. The van der Waals surface area contributed by atoms with Gasteiger partial charge in [-0.2, -0.15) is 0 Å². The summed E-state index contributed by atoms with van der Waals surface area (Å²) < 4.78 is 1.62. The molecule has 0 spiro atoms. The third kappa shape index (κ3) is 3.32. The van der Waals surface area contributed by atoms with Crippen LogP contribution >= 0.6 is 0 Å². The van der Waals surface area contributed by atoms with Gasteiger partial charge >= 0.3 is 5.97 Å². The molecule has 1 saturated heterocycles. The van der Waals surface area contributed by atoms with Crippen LogP contribution in [-0.4, -0.2) is 50.2 Å². The van der Waals surface area contributed by atoms with Crippen LogP contribution in [-0.2, 0) is 10.2 Å². The van der Waals surface area contributed by atoms with Gasteiger partial charge in [0.1, 0.15) is 5.54 Å². The molecule has 2 N–H and O–H groups in total. The molecule has 160 valence electrons. The number of carboxylic acid groups (broad SMARTS) is 1. The van der Waals surface area contributed by atoms with E-state index in [9.17, 15) is 14.7 Å². The fourth-order valence-electron chi connectivity index (χ4n) is 4.45. The van der Waals surface area contributed by atoms with Gasteiger partial charge in [0, 0.05) is 18.5 Å². The van der Waals surface area contributed by atoms with E-state index in [-0.39, 0.29) is 11.2 Å². The van der Waals surface area contributed by atoms with Gasteiger partial charge in [-0.1, -0.05) is 37.3 Å². The highest BCUT2D eigenvalue weighted by Gasteiger charge is 2.52. The number of fused-ring (bicyclic) bond motifs is 1. The van der Waals surface area contributed by atoms with E-state index in [2.05, 4.69) is 57.6 Å². The van der Waals surface area contributed by atoms with Crippen LogP contribution in [0.4, 0.5) is 5.69 Å². The Labute approximate surface area is 179 Å². The number of aliphatic carboxylic acids is 1. The van der Waals surface area contributed by atoms with Gasteiger partial charge in [0.2, 0.25) is 5.82 Å². The van der Waals surface area contributed by atoms with Crippen LogP contribution in [0.25, 0.3) is 5.65 Å². The van der Waals surface area contributed by atoms with Crippen LogP contribution in [0.2, 0.25) is 0 Å². The van der Waals surface area contributed by atoms with Crippen molar-refractivity contribution in [1.82, 2.24) is 19.9 Å². The Hall–Kier alpha value is -3.42. The first-order valence-corrected chi connectivity index (χ1v) is 10.5. The molecule has 2 fully saturated rings. The average molecular weight is 419 g/mol. The normalized spacial score (nSPS) is 21.9. The van der Waals surface area contributed by atoms with Crippen molar-refractivity contribution in [1.29, 1.82) is 0 Å². The number of carboxylic acids is 1. The molecule has 0 bridgehead atoms. The lowest BCUT2D eigenvalue weighted by molar-refractivity contribution is -0.140. The van der Waals surface area contributed by atoms with Crippen molar-refractivity contribution in [3.8, 4) is 0 Å². The minimum absolute atomic E-state index is 0.0108. The van der Waals surface area contributed by atoms with Crippen molar-refractivity contribution in [3.63, 3.8) is 0 Å². The number of aromatic nitrogens is 3. The summed E-state index contributed by atoms with van der Waals surface area (Å²) in [7, 11) is 0. The molecule has 3 heterocycles. The van der Waals surface area contributed by atoms with Crippen molar-refractivity contribution in [2.75, 3.05) is 18.0 Å². The smallest absolute Gasteiger partial charge is 0.329 e. The van der Waals surface area contributed by atoms with Crippen LogP contribution in [0.1, 0.15) is 47.9 Å². The number of nitrogens with zero attached hydrogens (tertiary/aromatic N) is 4. The number of carbonyl (C=O) groups excluding carboxylic acids is 1. The van der Waals surface area contributed by atoms with Gasteiger partial charge in [-0.15, -0.1) is 5.10 Å². The topological polar surface area (TPSA) is 99.8 Å². The summed E-state index contributed by atoms with van der Waals surface area (Å²) in [4.78, 5) is 30.6. The summed E-state index contributed by atoms with van der Waals surface area (Å²) in [6, 6.07) is 12.6. The molecule has 8 nitrogen and oxygen atoms in total. The molecule has 3 aromatic rings. The van der Waals surface area contributed by atoms with Gasteiger partial charge in [-0.3, -0.25) is 4.79 Å². The van der Waals surface area contributed by atoms with Crippen LogP contribution in [0, 0.1) is 6.92 Å². The van der Waals surface area contributed by atoms with E-state index < -0.39 is 17.4 Å². The molecule has 1 saturated carbocycles. The molecule has 5 rings (SSSR count). The number of aryl methyl sites for hydroxylation is 1. The number of hydrogen-bond donors (Lipinski definition) is 2. The second-order valence-electron chi connectivity index (χ2n) is 9.02. The maximum Gasteiger partial charge on any atom is 0.329 e. The fourth-order valence-corrected chi connectivity index (χ4v) is 4.45. The van der Waals surface area contributed by atoms with E-state index in [0.717, 1.165) is 30.8 Å². The first kappa shape index (κ1) is 19.5. The largest absolute Gasteiger partial charge is 0.480 e. The van der Waals surface area contributed by atoms with Gasteiger partial charge in [-0.05, 0) is 43.4 Å². The number of hydrogen-bond acceptors (Lipinski definition) is 5. The van der Waals surface area contributed by atoms with Crippen molar-refractivity contribution in [2.24, 2.45) is 0 Å². The summed E-state index contributed by atoms with van der Waals surface area (Å²) >= 11 is 0. The number of pyridine rings is 1. The predicted octanol–water partition coefficient (Wildman–Crippen LogP) is 2.55. The summed E-state index contributed by atoms with van der Waals surface area (Å²) in [6.07, 6.45) is 3.81. The highest BCUT2D eigenvalue weighted by Crippen LogP contribution is 2.37. The fraction of sp³-hybridized carbons (Fsp3) is 0.391. The molecule has 1 aromatic carbocycles. The third-order valence-electron chi connectivity index (χ3n) is 6.63. The predicted molar refractivity (Wildman–Crippen MR) is 115 cm³/mol. The Morgan fingerprint density at radius 3 is 2.58 bits per heavy atom. The van der Waals surface area contributed by atoms with Gasteiger partial charge in [0.15, 0.2) is 5.65 Å². The summed E-state index contributed by atoms with van der Waals surface area (Å²) in [5.74, 6) is -1.58. The molecule has 0 radical (unpaired) electrons. The molecule has 8 heteroatoms. The number of anilines is 1. The van der Waals surface area contributed by atoms with Crippen molar-refractivity contribution >= 4 is 23.2 Å². The van der Waals surface area contributed by atoms with Gasteiger partial charge < -0.3 is 15.3 Å². The number of benzene rings is 1. The van der Waals surface area contributed by atoms with Crippen LogP contribution in [0.15, 0.2) is 42.6 Å². The summed E-state index contributed by atoms with van der Waals surface area (Å²) in [6.45, 7) is 6.06. The number of carbonyl (C=O) groups is 2. The SMILES string of the molecule is Cc1cc(N2CC[C@](C)(c3ccccc3)C2)cn2nc(C(=O)NC3(C(=O)O)CC3)nc12. The summed E-state index contributed by atoms with van der Waals surface area (Å²) in [5.41, 5.74) is 2.79. The Kier molecular flexibility index (Phi) is 4.28. The third-order valence-corrected chi connectivity index (χ3v) is 6.63. The van der Waals surface area contributed by atoms with E-state index in [1.165, 1.54) is 5.56 Å². The molecule has 2 aromatic heterocycles. The standard InChI is InChI=1S/C23H25N5O3/c1-15-12-17(27-11-10-22(2,14-27)16-6-4-3-5-7-16)13-28-19(15)24-18(26-28)20(29)25-23(8-9-23)21(30)31/h3-7,12-13H,8-11,14H2,1-2H3,(H,25,29)(H,30,31)/t22-/m0/s1. The van der Waals surface area contributed by atoms with E-state index >= 15 is 0 Å². The Morgan fingerprint density at radius 2 is 1.90 bits per heavy atom. The van der Waals surface area contributed by atoms with Crippen molar-refractivity contribution in [3.05, 3.63) is 59.5 Å². The molecule has 2 aliphatic rings. The Balaban J connectivity index is 1.40. The number of rotatable bonds is 5. The molecule has 31 heavy (non-hydrogen) atoms. The first-order valence-electron chi connectivity index (χ1n) is 10.5. The van der Waals surface area contributed by atoms with Crippen molar-refractivity contribution in [2.45, 2.75) is 44.1 Å². The van der Waals surface area contributed by atoms with Crippen LogP contribution in [0.3, 0.4) is 0 Å². The minimum atomic E-state index is -1.16. The Bertz CT molecular complexity index is 1180. The highest BCUT2D eigenvalue weighted by atomic mass is 16.4. The zero-order valence-corrected chi connectivity index (χ0v) is 17.6. The molecular formula is C23H25N5O3. The lowest BCUT2D eigenvalue weighted by atomic mass is 9.82. The van der Waals surface area contributed by atoms with E-state index in [1.807, 2.05) is 19.2 Å². The Morgan fingerprint density at radius 1 is 1.16 bits per heavy atom. The molecule has 1 aliphatic carbocycles. The maximum absolute atomic E-state index is 12.5. The zero-order chi connectivity index (χ0) is 21.8. The quantitative estimate of drug-likeness (QED) is 0.659. The molecule has 1 atom stereocenters. The van der Waals surface area contributed by atoms with E-state index in [0.29, 0.717) is 18.5 Å². The van der Waals surface area contributed by atoms with Crippen molar-refractivity contribution < 1.29 is 14.7 Å². The lowest BCUT2D eigenvalue weighted by Crippen LogP contribution is -2.43. The average Bonchev–Trinajstić information content (AvgIpc) is 3.22. The zero-order valence-electron chi connectivity index (χ0n) is 17.6. The molecular weight excluding hydrogens is 394 g/mol. The number of nitrogens with one attached hydrogen (secondary N) is 1. The van der Waals surface area contributed by atoms with E-state index in [4.69, 9.17) is 0 Å². The first-order chi connectivity index (χ1) is 14.8. The second-order valence-corrected chi connectivity index (χ2v) is 9.02. The summed E-state index contributed by atoms with van der Waals surface area (Å²) in [5, 5.41) is 16.2. The van der Waals surface area contributed by atoms with E-state index in [1.54, 1.807) is 4.52 Å². The van der Waals surface area contributed by atoms with Crippen LogP contribution in [0.5, 0.6) is 0 Å². The molecule has 1 aliphatic heterocycles. The minimum Gasteiger partial charge on any atom is -0.480 e. The van der Waals surface area contributed by atoms with Gasteiger partial charge in [0.25, 0.3) is 5.91 Å². The molecule has 1 amide bonds. The lowest BCUT2D eigenvalue weighted by Gasteiger charge is -2.26. The van der Waals surface area contributed by atoms with Gasteiger partial charge in [-0.25, -0.2) is 14.3 Å². The monoisotopic (exact) mass is 419 g/mol. The highest BCUT2D eigenvalue weighted by molar-refractivity contribution is 5.96.